The number of Topliss-reactive ketones (excluding diaryl/α,β-unsaturated/α-hetero) is 1. The monoisotopic (exact) mass is 302 g/mol. The van der Waals surface area contributed by atoms with Crippen LogP contribution in [0.2, 0.25) is 5.02 Å². The Hall–Kier alpha value is -1.80. The zero-order valence-corrected chi connectivity index (χ0v) is 13.3. The summed E-state index contributed by atoms with van der Waals surface area (Å²) in [6, 6.07) is 15.4. The molecule has 2 aromatic rings. The predicted octanol–water partition coefficient (Wildman–Crippen LogP) is 5.00. The fourth-order valence-electron chi connectivity index (χ4n) is 1.75. The minimum atomic E-state index is -0.372. The summed E-state index contributed by atoms with van der Waals surface area (Å²) in [7, 11) is 0. The molecule has 0 fully saturated rings. The Labute approximate surface area is 130 Å². The van der Waals surface area contributed by atoms with Gasteiger partial charge >= 0.3 is 0 Å². The predicted molar refractivity (Wildman–Crippen MR) is 86.8 cm³/mol. The average molecular weight is 303 g/mol. The van der Waals surface area contributed by atoms with Crippen LogP contribution in [0.4, 0.5) is 0 Å². The van der Waals surface area contributed by atoms with Crippen LogP contribution < -0.4 is 4.74 Å². The van der Waals surface area contributed by atoms with Gasteiger partial charge in [0.2, 0.25) is 0 Å². The first-order chi connectivity index (χ1) is 9.86. The average Bonchev–Trinajstić information content (AvgIpc) is 2.45. The van der Waals surface area contributed by atoms with Crippen LogP contribution in [-0.2, 0) is 4.79 Å². The van der Waals surface area contributed by atoms with Gasteiger partial charge in [-0.25, -0.2) is 0 Å². The molecule has 0 spiro atoms. The van der Waals surface area contributed by atoms with Crippen molar-refractivity contribution in [2.75, 3.05) is 6.61 Å². The van der Waals surface area contributed by atoms with Crippen LogP contribution in [0.5, 0.6) is 5.75 Å². The second-order valence-corrected chi connectivity index (χ2v) is 6.43. The Balaban J connectivity index is 2.02. The van der Waals surface area contributed by atoms with Crippen molar-refractivity contribution in [1.29, 1.82) is 0 Å². The minimum absolute atomic E-state index is 0.0873. The number of ketones is 1. The molecule has 0 bridgehead atoms. The summed E-state index contributed by atoms with van der Waals surface area (Å²) in [6.07, 6.45) is 0. The molecule has 2 aromatic carbocycles. The molecule has 0 N–H and O–H groups in total. The summed E-state index contributed by atoms with van der Waals surface area (Å²) < 4.78 is 5.53. The van der Waals surface area contributed by atoms with Crippen molar-refractivity contribution in [2.45, 2.75) is 20.8 Å². The quantitative estimate of drug-likeness (QED) is 0.794. The number of hydrogen-bond acceptors (Lipinski definition) is 2. The Morgan fingerprint density at radius 2 is 1.43 bits per heavy atom. The Morgan fingerprint density at radius 3 is 1.90 bits per heavy atom. The summed E-state index contributed by atoms with van der Waals surface area (Å²) in [5.41, 5.74) is 1.81. The van der Waals surface area contributed by atoms with Gasteiger partial charge in [0.05, 0.1) is 0 Å². The van der Waals surface area contributed by atoms with Gasteiger partial charge in [0.25, 0.3) is 0 Å². The maximum Gasteiger partial charge on any atom is 0.175 e. The van der Waals surface area contributed by atoms with Crippen LogP contribution in [0.1, 0.15) is 20.8 Å². The van der Waals surface area contributed by atoms with Crippen LogP contribution in [0.15, 0.2) is 48.5 Å². The minimum Gasteiger partial charge on any atom is -0.486 e. The van der Waals surface area contributed by atoms with Gasteiger partial charge in [-0.05, 0) is 35.4 Å². The van der Waals surface area contributed by atoms with Gasteiger partial charge in [0, 0.05) is 10.4 Å². The van der Waals surface area contributed by atoms with E-state index in [4.69, 9.17) is 16.3 Å². The standard InChI is InChI=1S/C18H19ClO2/c1-18(2,3)17(20)12-21-16-10-6-14(7-11-16)13-4-8-15(19)9-5-13/h4-11H,12H2,1-3H3. The molecule has 0 heterocycles. The summed E-state index contributed by atoms with van der Waals surface area (Å²) in [5.74, 6) is 0.787. The van der Waals surface area contributed by atoms with Crippen molar-refractivity contribution < 1.29 is 9.53 Å². The first kappa shape index (κ1) is 15.6. The molecule has 0 atom stereocenters. The van der Waals surface area contributed by atoms with Crippen molar-refractivity contribution in [1.82, 2.24) is 0 Å². The highest BCUT2D eigenvalue weighted by Gasteiger charge is 2.21. The number of carbonyl (C=O) groups is 1. The van der Waals surface area contributed by atoms with Gasteiger partial charge < -0.3 is 4.74 Å². The number of benzene rings is 2. The van der Waals surface area contributed by atoms with E-state index in [1.54, 1.807) is 0 Å². The van der Waals surface area contributed by atoms with Crippen LogP contribution in [0.3, 0.4) is 0 Å². The maximum atomic E-state index is 11.8. The van der Waals surface area contributed by atoms with E-state index in [2.05, 4.69) is 0 Å². The molecule has 0 radical (unpaired) electrons. The zero-order valence-electron chi connectivity index (χ0n) is 12.5. The van der Waals surface area contributed by atoms with Gasteiger partial charge in [-0.1, -0.05) is 56.6 Å². The van der Waals surface area contributed by atoms with Gasteiger partial charge in [-0.2, -0.15) is 0 Å². The lowest BCUT2D eigenvalue weighted by molar-refractivity contribution is -0.128. The first-order valence-corrected chi connectivity index (χ1v) is 7.26. The van der Waals surface area contributed by atoms with E-state index in [-0.39, 0.29) is 17.8 Å². The number of halogens is 1. The lowest BCUT2D eigenvalue weighted by Crippen LogP contribution is -2.26. The molecule has 0 saturated carbocycles. The zero-order chi connectivity index (χ0) is 15.5. The summed E-state index contributed by atoms with van der Waals surface area (Å²) in [5, 5.41) is 0.722. The van der Waals surface area contributed by atoms with Gasteiger partial charge in [-0.3, -0.25) is 4.79 Å². The summed E-state index contributed by atoms with van der Waals surface area (Å²) in [4.78, 5) is 11.8. The van der Waals surface area contributed by atoms with E-state index < -0.39 is 0 Å². The van der Waals surface area contributed by atoms with Crippen molar-refractivity contribution >= 4 is 17.4 Å². The molecule has 3 heteroatoms. The van der Waals surface area contributed by atoms with E-state index in [0.717, 1.165) is 16.1 Å². The molecule has 2 rings (SSSR count). The van der Waals surface area contributed by atoms with Gasteiger partial charge in [0.1, 0.15) is 12.4 Å². The molecule has 0 aliphatic carbocycles. The van der Waals surface area contributed by atoms with Gasteiger partial charge in [-0.15, -0.1) is 0 Å². The fraction of sp³-hybridized carbons (Fsp3) is 0.278. The number of hydrogen-bond donors (Lipinski definition) is 0. The lowest BCUT2D eigenvalue weighted by atomic mass is 9.91. The number of rotatable bonds is 4. The van der Waals surface area contributed by atoms with Crippen LogP contribution >= 0.6 is 11.6 Å². The van der Waals surface area contributed by atoms with Gasteiger partial charge in [0.15, 0.2) is 5.78 Å². The van der Waals surface area contributed by atoms with Crippen LogP contribution in [0.25, 0.3) is 11.1 Å². The Kier molecular flexibility index (Phi) is 4.69. The highest BCUT2D eigenvalue weighted by Crippen LogP contribution is 2.24. The van der Waals surface area contributed by atoms with Crippen LogP contribution in [0, 0.1) is 5.41 Å². The Morgan fingerprint density at radius 1 is 0.952 bits per heavy atom. The maximum absolute atomic E-state index is 11.8. The lowest BCUT2D eigenvalue weighted by Gasteiger charge is -2.16. The molecule has 0 unspecified atom stereocenters. The first-order valence-electron chi connectivity index (χ1n) is 6.88. The molecule has 0 aromatic heterocycles. The van der Waals surface area contributed by atoms with Crippen molar-refractivity contribution in [3.63, 3.8) is 0 Å². The van der Waals surface area contributed by atoms with E-state index >= 15 is 0 Å². The molecule has 0 aliphatic heterocycles. The summed E-state index contributed by atoms with van der Waals surface area (Å²) >= 11 is 5.88. The number of ether oxygens (including phenoxy) is 1. The van der Waals surface area contributed by atoms with Crippen molar-refractivity contribution in [3.05, 3.63) is 53.6 Å². The topological polar surface area (TPSA) is 26.3 Å². The molecule has 0 amide bonds. The van der Waals surface area contributed by atoms with Crippen molar-refractivity contribution in [2.24, 2.45) is 5.41 Å². The molecule has 0 aliphatic rings. The third-order valence-corrected chi connectivity index (χ3v) is 3.49. The second-order valence-electron chi connectivity index (χ2n) is 5.99. The van der Waals surface area contributed by atoms with Crippen molar-refractivity contribution in [3.8, 4) is 16.9 Å². The molecule has 21 heavy (non-hydrogen) atoms. The smallest absolute Gasteiger partial charge is 0.175 e. The molecule has 0 saturated heterocycles. The normalized spacial score (nSPS) is 11.2. The third kappa shape index (κ3) is 4.33. The Bertz CT molecular complexity index is 607. The fourth-order valence-corrected chi connectivity index (χ4v) is 1.88. The highest BCUT2D eigenvalue weighted by molar-refractivity contribution is 6.30. The third-order valence-electron chi connectivity index (χ3n) is 3.24. The van der Waals surface area contributed by atoms with E-state index in [1.165, 1.54) is 0 Å². The van der Waals surface area contributed by atoms with E-state index in [1.807, 2.05) is 69.3 Å². The highest BCUT2D eigenvalue weighted by atomic mass is 35.5. The largest absolute Gasteiger partial charge is 0.486 e. The van der Waals surface area contributed by atoms with Crippen LogP contribution in [-0.4, -0.2) is 12.4 Å². The molecular formula is C18H19ClO2. The van der Waals surface area contributed by atoms with E-state index in [9.17, 15) is 4.79 Å². The van der Waals surface area contributed by atoms with E-state index in [0.29, 0.717) is 5.75 Å². The second kappa shape index (κ2) is 6.31. The molecule has 2 nitrogen and oxygen atoms in total. The molecular weight excluding hydrogens is 284 g/mol. The summed E-state index contributed by atoms with van der Waals surface area (Å²) in [6.45, 7) is 5.77. The molecule has 110 valence electrons. The SMILES string of the molecule is CC(C)(C)C(=O)COc1ccc(-c2ccc(Cl)cc2)cc1. The number of carbonyl (C=O) groups excluding carboxylic acids is 1.